The van der Waals surface area contributed by atoms with Crippen molar-refractivity contribution in [1.29, 1.82) is 5.26 Å². The second-order valence-electron chi connectivity index (χ2n) is 12.9. The summed E-state index contributed by atoms with van der Waals surface area (Å²) in [5, 5.41) is 32.2. The Morgan fingerprint density at radius 2 is 1.94 bits per heavy atom. The first-order valence-corrected chi connectivity index (χ1v) is 17.1. The van der Waals surface area contributed by atoms with Gasteiger partial charge in [0.1, 0.15) is 18.2 Å². The number of anilines is 2. The number of carbonyl (C=O) groups is 1. The van der Waals surface area contributed by atoms with E-state index in [-0.39, 0.29) is 19.3 Å². The minimum absolute atomic E-state index is 0.133. The highest BCUT2D eigenvalue weighted by molar-refractivity contribution is 5.68. The maximum atomic E-state index is 11.6. The number of hydrogen-bond donors (Lipinski definition) is 3. The number of aromatic nitrogens is 6. The van der Waals surface area contributed by atoms with Crippen molar-refractivity contribution in [1.82, 2.24) is 35.5 Å². The predicted molar refractivity (Wildman–Crippen MR) is 181 cm³/mol. The number of nitrogens with zero attached hydrogens (tertiary/aromatic N) is 7. The Balaban J connectivity index is 1.06. The van der Waals surface area contributed by atoms with E-state index >= 15 is 0 Å². The summed E-state index contributed by atoms with van der Waals surface area (Å²) >= 11 is 0. The summed E-state index contributed by atoms with van der Waals surface area (Å²) in [5.41, 5.74) is 2.52. The lowest BCUT2D eigenvalue weighted by Crippen LogP contribution is -2.43. The summed E-state index contributed by atoms with van der Waals surface area (Å²) in [6.07, 6.45) is 5.96. The Labute approximate surface area is 287 Å². The van der Waals surface area contributed by atoms with Gasteiger partial charge in [-0.15, -0.1) is 5.10 Å². The van der Waals surface area contributed by atoms with Gasteiger partial charge in [-0.1, -0.05) is 6.07 Å². The molecule has 1 saturated carbocycles. The molecule has 0 unspecified atom stereocenters. The Bertz CT molecular complexity index is 1550. The number of nitrogens with one attached hydrogen (secondary N) is 3. The molecule has 1 aliphatic carbocycles. The summed E-state index contributed by atoms with van der Waals surface area (Å²) in [7, 11) is 0. The van der Waals surface area contributed by atoms with Gasteiger partial charge in [0.25, 0.3) is 0 Å². The normalized spacial score (nSPS) is 20.1. The van der Waals surface area contributed by atoms with Gasteiger partial charge in [0, 0.05) is 49.6 Å². The van der Waals surface area contributed by atoms with Crippen LogP contribution < -0.4 is 16.0 Å². The molecular formula is C34H48N10O5. The van der Waals surface area contributed by atoms with Crippen LogP contribution >= 0.6 is 0 Å². The van der Waals surface area contributed by atoms with Gasteiger partial charge < -0.3 is 34.9 Å². The van der Waals surface area contributed by atoms with E-state index in [1.54, 1.807) is 13.8 Å². The monoisotopic (exact) mass is 676 g/mol. The van der Waals surface area contributed by atoms with Crippen molar-refractivity contribution < 1.29 is 23.7 Å². The molecule has 0 spiro atoms. The fourth-order valence-electron chi connectivity index (χ4n) is 6.23. The van der Waals surface area contributed by atoms with Gasteiger partial charge in [-0.25, -0.2) is 14.8 Å². The zero-order valence-corrected chi connectivity index (χ0v) is 28.9. The van der Waals surface area contributed by atoms with E-state index in [1.807, 2.05) is 31.3 Å². The van der Waals surface area contributed by atoms with E-state index in [0.29, 0.717) is 44.3 Å². The van der Waals surface area contributed by atoms with Crippen molar-refractivity contribution in [3.8, 4) is 17.3 Å². The highest BCUT2D eigenvalue weighted by atomic mass is 16.7. The second kappa shape index (κ2) is 17.3. The van der Waals surface area contributed by atoms with E-state index in [0.717, 1.165) is 67.0 Å². The molecule has 3 aromatic rings. The number of hydrogen-bond acceptors (Lipinski definition) is 14. The van der Waals surface area contributed by atoms with Crippen molar-refractivity contribution in [2.75, 3.05) is 43.6 Å². The molecule has 2 fully saturated rings. The first-order chi connectivity index (χ1) is 23.8. The summed E-state index contributed by atoms with van der Waals surface area (Å²) < 4.78 is 22.8. The number of carbonyl (C=O) groups excluding carboxylic acids is 1. The molecule has 5 rings (SSSR count). The molecule has 49 heavy (non-hydrogen) atoms. The van der Waals surface area contributed by atoms with Gasteiger partial charge in [0.2, 0.25) is 0 Å². The molecule has 15 heteroatoms. The fraction of sp³-hybridized carbons (Fsp3) is 0.618. The summed E-state index contributed by atoms with van der Waals surface area (Å²) in [6, 6.07) is 11.4. The average Bonchev–Trinajstić information content (AvgIpc) is 3.58. The molecule has 2 aliphatic rings. The van der Waals surface area contributed by atoms with Crippen LogP contribution in [-0.4, -0.2) is 87.4 Å². The first kappa shape index (κ1) is 35.9. The molecule has 0 radical (unpaired) electrons. The summed E-state index contributed by atoms with van der Waals surface area (Å²) in [4.78, 5) is 21.2. The third-order valence-corrected chi connectivity index (χ3v) is 9.06. The SMILES string of the molecule is CCOC(=O)O[C@@H](C)n1nnnc1COC[C@H](C)N[C@H]1CC[C@H](Nc2cc(-c3cccc(NCC4(C#N)CCOCC4)n3)c(C)cn2)CC1. The Morgan fingerprint density at radius 1 is 1.16 bits per heavy atom. The van der Waals surface area contributed by atoms with E-state index in [9.17, 15) is 10.1 Å². The van der Waals surface area contributed by atoms with E-state index < -0.39 is 17.8 Å². The maximum absolute atomic E-state index is 11.6. The van der Waals surface area contributed by atoms with Crippen molar-refractivity contribution >= 4 is 17.8 Å². The van der Waals surface area contributed by atoms with Crippen LogP contribution in [0.3, 0.4) is 0 Å². The van der Waals surface area contributed by atoms with Crippen LogP contribution in [0.1, 0.15) is 76.9 Å². The highest BCUT2D eigenvalue weighted by Gasteiger charge is 2.32. The number of nitriles is 1. The molecule has 15 nitrogen and oxygen atoms in total. The number of tetrazole rings is 1. The van der Waals surface area contributed by atoms with Crippen molar-refractivity contribution in [2.45, 2.75) is 97.2 Å². The zero-order valence-electron chi connectivity index (χ0n) is 28.9. The molecule has 4 heterocycles. The number of pyridine rings is 2. The molecule has 3 aromatic heterocycles. The number of ether oxygens (including phenoxy) is 4. The van der Waals surface area contributed by atoms with E-state index in [1.165, 1.54) is 4.68 Å². The van der Waals surface area contributed by atoms with Crippen molar-refractivity contribution in [3.63, 3.8) is 0 Å². The smallest absolute Gasteiger partial charge is 0.435 e. The Morgan fingerprint density at radius 3 is 2.69 bits per heavy atom. The molecule has 1 aliphatic heterocycles. The Kier molecular flexibility index (Phi) is 12.7. The molecule has 0 aromatic carbocycles. The largest absolute Gasteiger partial charge is 0.510 e. The number of rotatable bonds is 15. The van der Waals surface area contributed by atoms with Gasteiger partial charge in [0.15, 0.2) is 12.1 Å². The lowest BCUT2D eigenvalue weighted by atomic mass is 9.82. The van der Waals surface area contributed by atoms with Gasteiger partial charge in [0.05, 0.1) is 30.4 Å². The molecule has 0 amide bonds. The third-order valence-electron chi connectivity index (χ3n) is 9.06. The van der Waals surface area contributed by atoms with E-state index in [4.69, 9.17) is 23.9 Å². The summed E-state index contributed by atoms with van der Waals surface area (Å²) in [6.45, 7) is 10.2. The van der Waals surface area contributed by atoms with Gasteiger partial charge in [-0.05, 0) is 100 Å². The first-order valence-electron chi connectivity index (χ1n) is 17.1. The topological polar surface area (TPSA) is 183 Å². The highest BCUT2D eigenvalue weighted by Crippen LogP contribution is 2.31. The van der Waals surface area contributed by atoms with Gasteiger partial charge in [-0.2, -0.15) is 9.94 Å². The lowest BCUT2D eigenvalue weighted by Gasteiger charge is -2.32. The minimum atomic E-state index is -0.774. The van der Waals surface area contributed by atoms with Crippen LogP contribution in [0.25, 0.3) is 11.3 Å². The lowest BCUT2D eigenvalue weighted by molar-refractivity contribution is -0.00389. The van der Waals surface area contributed by atoms with Crippen molar-refractivity contribution in [3.05, 3.63) is 41.9 Å². The molecule has 0 bridgehead atoms. The van der Waals surface area contributed by atoms with Crippen LogP contribution in [0.4, 0.5) is 16.4 Å². The average molecular weight is 677 g/mol. The Hall–Kier alpha value is -4.39. The predicted octanol–water partition coefficient (Wildman–Crippen LogP) is 4.78. The number of aryl methyl sites for hydroxylation is 1. The molecule has 264 valence electrons. The second-order valence-corrected chi connectivity index (χ2v) is 12.9. The molecule has 2 atom stereocenters. The third kappa shape index (κ3) is 10.1. The molecule has 3 N–H and O–H groups in total. The molecule has 1 saturated heterocycles. The van der Waals surface area contributed by atoms with Crippen LogP contribution in [0.15, 0.2) is 30.5 Å². The van der Waals surface area contributed by atoms with Crippen LogP contribution in [0.2, 0.25) is 0 Å². The fourth-order valence-corrected chi connectivity index (χ4v) is 6.23. The quantitative estimate of drug-likeness (QED) is 0.187. The van der Waals surface area contributed by atoms with Gasteiger partial charge in [-0.3, -0.25) is 0 Å². The maximum Gasteiger partial charge on any atom is 0.510 e. The zero-order chi connectivity index (χ0) is 34.6. The van der Waals surface area contributed by atoms with Crippen molar-refractivity contribution in [2.24, 2.45) is 5.41 Å². The van der Waals surface area contributed by atoms with Crippen LogP contribution in [-0.2, 0) is 25.6 Å². The summed E-state index contributed by atoms with van der Waals surface area (Å²) in [5.74, 6) is 2.06. The van der Waals surface area contributed by atoms with E-state index in [2.05, 4.69) is 55.5 Å². The minimum Gasteiger partial charge on any atom is -0.435 e. The standard InChI is InChI=1S/C34H48N10O5/c1-5-48-33(45)49-25(4)44-32(41-42-43-44)20-47-19-24(3)38-26-9-11-27(12-10-26)39-31-17-28(23(2)18-36-31)29-7-6-8-30(40-29)37-22-34(21-35)13-15-46-16-14-34/h6-8,17-18,24-27,38H,5,9-16,19-20,22H2,1-4H3,(H,36,39)(H,37,40)/t24-,25-,26-,27-/m0/s1. The van der Waals surface area contributed by atoms with Crippen LogP contribution in [0.5, 0.6) is 0 Å². The molecular weight excluding hydrogens is 628 g/mol. The van der Waals surface area contributed by atoms with Crippen LogP contribution in [0, 0.1) is 23.7 Å². The van der Waals surface area contributed by atoms with Gasteiger partial charge >= 0.3 is 6.16 Å².